The number of nitrogens with one attached hydrogen (secondary N) is 2. The minimum absolute atomic E-state index is 0.0170. The molecular formula is C10H17N3O3S2. The highest BCUT2D eigenvalue weighted by Crippen LogP contribution is 2.24. The molecule has 0 amide bonds. The van der Waals surface area contributed by atoms with Gasteiger partial charge in [0.2, 0.25) is 0 Å². The zero-order valence-electron chi connectivity index (χ0n) is 10.4. The summed E-state index contributed by atoms with van der Waals surface area (Å²) in [6, 6.07) is -0.0170. The van der Waals surface area contributed by atoms with Gasteiger partial charge in [-0.25, -0.2) is 8.42 Å². The first-order valence-corrected chi connectivity index (χ1v) is 8.14. The zero-order chi connectivity index (χ0) is 13.3. The molecule has 0 bridgehead atoms. The fraction of sp³-hybridized carbons (Fsp3) is 0.700. The molecule has 1 aromatic rings. The lowest BCUT2D eigenvalue weighted by atomic mass is 10.3. The van der Waals surface area contributed by atoms with Crippen molar-refractivity contribution in [2.24, 2.45) is 0 Å². The third kappa shape index (κ3) is 2.37. The largest absolute Gasteiger partial charge is 0.315 e. The van der Waals surface area contributed by atoms with Gasteiger partial charge < -0.3 is 10.3 Å². The quantitative estimate of drug-likeness (QED) is 0.825. The van der Waals surface area contributed by atoms with Gasteiger partial charge in [0.05, 0.1) is 0 Å². The Morgan fingerprint density at radius 3 is 2.67 bits per heavy atom. The predicted molar refractivity (Wildman–Crippen MR) is 70.5 cm³/mol. The van der Waals surface area contributed by atoms with Crippen LogP contribution in [-0.4, -0.2) is 43.4 Å². The number of aromatic nitrogens is 1. The summed E-state index contributed by atoms with van der Waals surface area (Å²) in [6.07, 6.45) is 0.811. The lowest BCUT2D eigenvalue weighted by molar-refractivity contribution is 0.349. The summed E-state index contributed by atoms with van der Waals surface area (Å²) in [4.78, 5) is 13.5. The van der Waals surface area contributed by atoms with Gasteiger partial charge in [-0.15, -0.1) is 0 Å². The van der Waals surface area contributed by atoms with Crippen molar-refractivity contribution in [3.63, 3.8) is 0 Å². The van der Waals surface area contributed by atoms with Crippen molar-refractivity contribution < 1.29 is 8.42 Å². The predicted octanol–water partition coefficient (Wildman–Crippen LogP) is 0.117. The zero-order valence-corrected chi connectivity index (χ0v) is 12.0. The Hall–Kier alpha value is -0.700. The highest BCUT2D eigenvalue weighted by Gasteiger charge is 2.34. The summed E-state index contributed by atoms with van der Waals surface area (Å²) in [5, 5.41) is 3.16. The Kier molecular flexibility index (Phi) is 3.90. The molecule has 0 spiro atoms. The maximum Gasteiger partial charge on any atom is 0.305 e. The van der Waals surface area contributed by atoms with E-state index in [0.717, 1.165) is 24.3 Å². The number of rotatable bonds is 4. The first-order valence-electron chi connectivity index (χ1n) is 5.89. The number of sulfonamides is 1. The average molecular weight is 291 g/mol. The summed E-state index contributed by atoms with van der Waals surface area (Å²) < 4.78 is 26.7. The molecule has 0 aromatic carbocycles. The third-order valence-corrected chi connectivity index (χ3v) is 6.69. The van der Waals surface area contributed by atoms with Crippen molar-refractivity contribution in [3.05, 3.63) is 15.4 Å². The van der Waals surface area contributed by atoms with Gasteiger partial charge in [-0.2, -0.15) is 4.31 Å². The average Bonchev–Trinajstić information content (AvgIpc) is 2.89. The van der Waals surface area contributed by atoms with Crippen LogP contribution in [0.4, 0.5) is 0 Å². The Balaban J connectivity index is 2.39. The van der Waals surface area contributed by atoms with Crippen molar-refractivity contribution >= 4 is 21.4 Å². The highest BCUT2D eigenvalue weighted by molar-refractivity contribution is 7.91. The summed E-state index contributed by atoms with van der Waals surface area (Å²) in [5.41, 5.74) is 0.425. The van der Waals surface area contributed by atoms with E-state index in [-0.39, 0.29) is 15.1 Å². The van der Waals surface area contributed by atoms with Crippen LogP contribution in [0.5, 0.6) is 0 Å². The lowest BCUT2D eigenvalue weighted by Gasteiger charge is -2.25. The SMILES string of the molecule is CCN(C1CCNC1)S(=O)(=O)c1sc(=O)[nH]c1C. The Morgan fingerprint density at radius 1 is 1.50 bits per heavy atom. The summed E-state index contributed by atoms with van der Waals surface area (Å²) in [5.74, 6) is 0. The monoisotopic (exact) mass is 291 g/mol. The van der Waals surface area contributed by atoms with Crippen LogP contribution in [-0.2, 0) is 10.0 Å². The van der Waals surface area contributed by atoms with Crippen LogP contribution in [0.15, 0.2) is 9.00 Å². The van der Waals surface area contributed by atoms with Crippen molar-refractivity contribution in [3.8, 4) is 0 Å². The van der Waals surface area contributed by atoms with Crippen LogP contribution < -0.4 is 10.2 Å². The van der Waals surface area contributed by atoms with E-state index >= 15 is 0 Å². The molecular weight excluding hydrogens is 274 g/mol. The smallest absolute Gasteiger partial charge is 0.305 e. The maximum absolute atomic E-state index is 12.5. The number of likely N-dealkylation sites (N-methyl/N-ethyl adjacent to an activating group) is 1. The molecule has 18 heavy (non-hydrogen) atoms. The fourth-order valence-electron chi connectivity index (χ4n) is 2.25. The Bertz CT molecular complexity index is 569. The van der Waals surface area contributed by atoms with Gasteiger partial charge in [0.15, 0.2) is 4.21 Å². The number of H-pyrrole nitrogens is 1. The Labute approximate surface area is 110 Å². The van der Waals surface area contributed by atoms with Gasteiger partial charge in [0, 0.05) is 24.8 Å². The molecule has 1 aliphatic rings. The van der Waals surface area contributed by atoms with Crippen LogP contribution in [0.25, 0.3) is 0 Å². The van der Waals surface area contributed by atoms with E-state index in [0.29, 0.717) is 18.8 Å². The third-order valence-electron chi connectivity index (χ3n) is 3.08. The van der Waals surface area contributed by atoms with E-state index in [1.54, 1.807) is 6.92 Å². The van der Waals surface area contributed by atoms with Crippen LogP contribution in [0, 0.1) is 6.92 Å². The molecule has 0 aliphatic carbocycles. The van der Waals surface area contributed by atoms with E-state index in [1.165, 1.54) is 4.31 Å². The van der Waals surface area contributed by atoms with Gasteiger partial charge in [-0.3, -0.25) is 4.79 Å². The van der Waals surface area contributed by atoms with E-state index in [1.807, 2.05) is 6.92 Å². The summed E-state index contributed by atoms with van der Waals surface area (Å²) in [6.45, 7) is 5.36. The maximum atomic E-state index is 12.5. The molecule has 1 saturated heterocycles. The van der Waals surface area contributed by atoms with Gasteiger partial charge in [0.25, 0.3) is 10.0 Å². The number of aromatic amines is 1. The molecule has 0 saturated carbocycles. The minimum Gasteiger partial charge on any atom is -0.315 e. The van der Waals surface area contributed by atoms with Crippen molar-refractivity contribution in [1.29, 1.82) is 0 Å². The van der Waals surface area contributed by atoms with E-state index in [9.17, 15) is 13.2 Å². The van der Waals surface area contributed by atoms with Gasteiger partial charge in [-0.05, 0) is 19.9 Å². The van der Waals surface area contributed by atoms with Crippen molar-refractivity contribution in [2.75, 3.05) is 19.6 Å². The number of thiazole rings is 1. The number of aryl methyl sites for hydroxylation is 1. The molecule has 1 atom stereocenters. The van der Waals surface area contributed by atoms with Crippen LogP contribution in [0.2, 0.25) is 0 Å². The molecule has 1 unspecified atom stereocenters. The normalized spacial score (nSPS) is 20.7. The molecule has 1 aromatic heterocycles. The molecule has 8 heteroatoms. The van der Waals surface area contributed by atoms with Gasteiger partial charge in [0.1, 0.15) is 0 Å². The molecule has 1 fully saturated rings. The second-order valence-electron chi connectivity index (χ2n) is 4.28. The number of hydrogen-bond donors (Lipinski definition) is 2. The van der Waals surface area contributed by atoms with E-state index in [4.69, 9.17) is 0 Å². The van der Waals surface area contributed by atoms with Crippen molar-refractivity contribution in [2.45, 2.75) is 30.5 Å². The van der Waals surface area contributed by atoms with Crippen molar-refractivity contribution in [1.82, 2.24) is 14.6 Å². The molecule has 6 nitrogen and oxygen atoms in total. The van der Waals surface area contributed by atoms with Gasteiger partial charge in [-0.1, -0.05) is 18.3 Å². The summed E-state index contributed by atoms with van der Waals surface area (Å²) in [7, 11) is -3.56. The van der Waals surface area contributed by atoms with E-state index in [2.05, 4.69) is 10.3 Å². The molecule has 1 aliphatic heterocycles. The molecule has 0 radical (unpaired) electrons. The van der Waals surface area contributed by atoms with Crippen LogP contribution >= 0.6 is 11.3 Å². The second kappa shape index (κ2) is 5.12. The van der Waals surface area contributed by atoms with Crippen LogP contribution in [0.3, 0.4) is 0 Å². The Morgan fingerprint density at radius 2 is 2.22 bits per heavy atom. The first-order chi connectivity index (χ1) is 8.46. The van der Waals surface area contributed by atoms with Gasteiger partial charge >= 0.3 is 4.87 Å². The van der Waals surface area contributed by atoms with Crippen LogP contribution in [0.1, 0.15) is 19.0 Å². The second-order valence-corrected chi connectivity index (χ2v) is 7.35. The summed E-state index contributed by atoms with van der Waals surface area (Å²) >= 11 is 0.763. The number of nitrogens with zero attached hydrogens (tertiary/aromatic N) is 1. The highest BCUT2D eigenvalue weighted by atomic mass is 32.2. The fourth-order valence-corrected chi connectivity index (χ4v) is 5.33. The topological polar surface area (TPSA) is 82.3 Å². The number of hydrogen-bond acceptors (Lipinski definition) is 5. The molecule has 2 heterocycles. The lowest BCUT2D eigenvalue weighted by Crippen LogP contribution is -2.41. The first kappa shape index (κ1) is 13.7. The standard InChI is InChI=1S/C10H17N3O3S2/c1-3-13(8-4-5-11-6-8)18(15,16)9-7(2)12-10(14)17-9/h8,11H,3-6H2,1-2H3,(H,12,14). The molecule has 2 N–H and O–H groups in total. The molecule has 102 valence electrons. The van der Waals surface area contributed by atoms with E-state index < -0.39 is 10.0 Å². The molecule has 2 rings (SSSR count). The minimum atomic E-state index is -3.56.